The number of hydrogen-bond acceptors (Lipinski definition) is 4. The summed E-state index contributed by atoms with van der Waals surface area (Å²) in [5.41, 5.74) is -0.0884. The molecule has 0 bridgehead atoms. The van der Waals surface area contributed by atoms with Gasteiger partial charge in [-0.1, -0.05) is 25.0 Å². The van der Waals surface area contributed by atoms with E-state index in [-0.39, 0.29) is 18.3 Å². The fraction of sp³-hybridized carbons (Fsp3) is 0.562. The highest BCUT2D eigenvalue weighted by Gasteiger charge is 2.30. The Morgan fingerprint density at radius 2 is 2.00 bits per heavy atom. The lowest BCUT2D eigenvalue weighted by Gasteiger charge is -2.22. The molecular formula is C16H24N2O4. The molecule has 0 aromatic heterocycles. The topological polar surface area (TPSA) is 102 Å². The van der Waals surface area contributed by atoms with E-state index in [9.17, 15) is 20.1 Å². The summed E-state index contributed by atoms with van der Waals surface area (Å²) >= 11 is 0. The monoisotopic (exact) mass is 308 g/mol. The minimum absolute atomic E-state index is 0.0551. The summed E-state index contributed by atoms with van der Waals surface area (Å²) in [5, 5.41) is 34.7. The van der Waals surface area contributed by atoms with E-state index in [4.69, 9.17) is 0 Å². The van der Waals surface area contributed by atoms with Gasteiger partial charge in [0.25, 0.3) is 0 Å². The number of amides is 2. The second-order valence-electron chi connectivity index (χ2n) is 5.93. The Labute approximate surface area is 130 Å². The molecule has 1 aliphatic carbocycles. The van der Waals surface area contributed by atoms with Gasteiger partial charge in [-0.05, 0) is 37.0 Å². The van der Waals surface area contributed by atoms with Crippen LogP contribution in [0.4, 0.5) is 4.79 Å². The lowest BCUT2D eigenvalue weighted by Crippen LogP contribution is -2.40. The smallest absolute Gasteiger partial charge is 0.314 e. The van der Waals surface area contributed by atoms with E-state index in [1.165, 1.54) is 12.1 Å². The molecule has 0 radical (unpaired) electrons. The van der Waals surface area contributed by atoms with Crippen LogP contribution >= 0.6 is 0 Å². The Kier molecular flexibility index (Phi) is 5.63. The Balaban J connectivity index is 1.67. The van der Waals surface area contributed by atoms with Crippen LogP contribution < -0.4 is 10.6 Å². The number of nitrogens with one attached hydrogen (secondary N) is 2. The van der Waals surface area contributed by atoms with Gasteiger partial charge in [0.1, 0.15) is 5.75 Å². The van der Waals surface area contributed by atoms with Crippen LogP contribution in [-0.2, 0) is 0 Å². The van der Waals surface area contributed by atoms with E-state index in [1.807, 2.05) is 0 Å². The Bertz CT molecular complexity index is 501. The molecule has 1 aromatic carbocycles. The van der Waals surface area contributed by atoms with Crippen molar-refractivity contribution in [3.8, 4) is 5.75 Å². The van der Waals surface area contributed by atoms with Crippen molar-refractivity contribution in [2.45, 2.75) is 43.8 Å². The first-order valence-corrected chi connectivity index (χ1v) is 7.70. The number of urea groups is 1. The molecule has 0 spiro atoms. The normalized spacial score (nSPS) is 17.9. The summed E-state index contributed by atoms with van der Waals surface area (Å²) in [4.78, 5) is 11.7. The molecule has 6 heteroatoms. The fourth-order valence-electron chi connectivity index (χ4n) is 2.79. The molecule has 1 saturated carbocycles. The number of carbonyl (C=O) groups is 1. The molecule has 6 nitrogen and oxygen atoms in total. The molecule has 22 heavy (non-hydrogen) atoms. The third-order valence-corrected chi connectivity index (χ3v) is 4.12. The third kappa shape index (κ3) is 4.89. The number of hydrogen-bond donors (Lipinski definition) is 5. The number of carbonyl (C=O) groups excluding carboxylic acids is 1. The van der Waals surface area contributed by atoms with Crippen molar-refractivity contribution in [2.75, 3.05) is 13.1 Å². The van der Waals surface area contributed by atoms with Crippen LogP contribution in [0.25, 0.3) is 0 Å². The van der Waals surface area contributed by atoms with Crippen LogP contribution in [0.15, 0.2) is 24.3 Å². The molecule has 0 unspecified atom stereocenters. The third-order valence-electron chi connectivity index (χ3n) is 4.12. The van der Waals surface area contributed by atoms with Gasteiger partial charge in [0.2, 0.25) is 0 Å². The number of aliphatic hydroxyl groups is 2. The van der Waals surface area contributed by atoms with Gasteiger partial charge in [-0.3, -0.25) is 0 Å². The minimum atomic E-state index is -0.878. The van der Waals surface area contributed by atoms with E-state index in [2.05, 4.69) is 10.6 Å². The molecule has 0 heterocycles. The molecule has 0 saturated heterocycles. The van der Waals surface area contributed by atoms with Crippen LogP contribution in [0.3, 0.4) is 0 Å². The van der Waals surface area contributed by atoms with E-state index in [0.717, 1.165) is 25.7 Å². The molecule has 1 aliphatic rings. The van der Waals surface area contributed by atoms with Gasteiger partial charge in [0.05, 0.1) is 11.7 Å². The summed E-state index contributed by atoms with van der Waals surface area (Å²) < 4.78 is 0. The van der Waals surface area contributed by atoms with Crippen LogP contribution in [0.5, 0.6) is 5.75 Å². The second kappa shape index (κ2) is 7.47. The second-order valence-corrected chi connectivity index (χ2v) is 5.93. The average molecular weight is 308 g/mol. The van der Waals surface area contributed by atoms with E-state index in [0.29, 0.717) is 18.5 Å². The summed E-state index contributed by atoms with van der Waals surface area (Å²) in [6.45, 7) is 0.462. The Morgan fingerprint density at radius 1 is 1.27 bits per heavy atom. The lowest BCUT2D eigenvalue weighted by molar-refractivity contribution is 0.0398. The largest absolute Gasteiger partial charge is 0.508 e. The zero-order valence-corrected chi connectivity index (χ0v) is 12.6. The summed E-state index contributed by atoms with van der Waals surface area (Å²) in [5.74, 6) is 0.0748. The Hall–Kier alpha value is -1.79. The summed E-state index contributed by atoms with van der Waals surface area (Å²) in [6, 6.07) is 5.92. The van der Waals surface area contributed by atoms with Gasteiger partial charge < -0.3 is 26.0 Å². The first-order valence-electron chi connectivity index (χ1n) is 7.70. The van der Waals surface area contributed by atoms with Gasteiger partial charge in [-0.25, -0.2) is 4.79 Å². The SMILES string of the molecule is O=C(NCCC1(O)CCCC1)NC[C@@H](O)c1cccc(O)c1. The first-order chi connectivity index (χ1) is 10.5. The number of phenolic OH excluding ortho intramolecular Hbond substituents is 1. The zero-order chi connectivity index (χ0) is 16.0. The predicted octanol–water partition coefficient (Wildman–Crippen LogP) is 1.42. The minimum Gasteiger partial charge on any atom is -0.508 e. The molecule has 1 atom stereocenters. The van der Waals surface area contributed by atoms with Crippen molar-refractivity contribution in [1.29, 1.82) is 0 Å². The average Bonchev–Trinajstić information content (AvgIpc) is 2.91. The molecule has 0 aliphatic heterocycles. The van der Waals surface area contributed by atoms with Crippen molar-refractivity contribution in [3.05, 3.63) is 29.8 Å². The van der Waals surface area contributed by atoms with Crippen molar-refractivity contribution in [3.63, 3.8) is 0 Å². The van der Waals surface area contributed by atoms with Crippen molar-refractivity contribution in [1.82, 2.24) is 10.6 Å². The maximum absolute atomic E-state index is 11.7. The molecule has 1 aromatic rings. The van der Waals surface area contributed by atoms with Gasteiger partial charge in [-0.2, -0.15) is 0 Å². The quantitative estimate of drug-likeness (QED) is 0.548. The van der Waals surface area contributed by atoms with Gasteiger partial charge in [-0.15, -0.1) is 0 Å². The number of aromatic hydroxyl groups is 1. The molecule has 122 valence electrons. The molecular weight excluding hydrogens is 284 g/mol. The summed E-state index contributed by atoms with van der Waals surface area (Å²) in [6.07, 6.45) is 3.35. The van der Waals surface area contributed by atoms with Crippen LogP contribution in [-0.4, -0.2) is 40.0 Å². The number of phenols is 1. The number of rotatable bonds is 6. The predicted molar refractivity (Wildman–Crippen MR) is 82.5 cm³/mol. The van der Waals surface area contributed by atoms with Crippen LogP contribution in [0.1, 0.15) is 43.8 Å². The maximum Gasteiger partial charge on any atom is 0.314 e. The molecule has 1 fully saturated rings. The van der Waals surface area contributed by atoms with Crippen molar-refractivity contribution < 1.29 is 20.1 Å². The fourth-order valence-corrected chi connectivity index (χ4v) is 2.79. The van der Waals surface area contributed by atoms with Gasteiger partial charge in [0.15, 0.2) is 0 Å². The highest BCUT2D eigenvalue weighted by molar-refractivity contribution is 5.73. The highest BCUT2D eigenvalue weighted by Crippen LogP contribution is 2.31. The number of aliphatic hydroxyl groups excluding tert-OH is 1. The number of benzene rings is 1. The lowest BCUT2D eigenvalue weighted by atomic mass is 9.98. The van der Waals surface area contributed by atoms with Crippen LogP contribution in [0, 0.1) is 0 Å². The van der Waals surface area contributed by atoms with E-state index >= 15 is 0 Å². The Morgan fingerprint density at radius 3 is 2.68 bits per heavy atom. The summed E-state index contributed by atoms with van der Waals surface area (Å²) in [7, 11) is 0. The molecule has 2 rings (SSSR count). The van der Waals surface area contributed by atoms with Gasteiger partial charge in [0, 0.05) is 13.1 Å². The van der Waals surface area contributed by atoms with Crippen molar-refractivity contribution >= 4 is 6.03 Å². The first kappa shape index (κ1) is 16.6. The molecule has 5 N–H and O–H groups in total. The highest BCUT2D eigenvalue weighted by atomic mass is 16.3. The van der Waals surface area contributed by atoms with Crippen LogP contribution in [0.2, 0.25) is 0 Å². The van der Waals surface area contributed by atoms with Crippen molar-refractivity contribution in [2.24, 2.45) is 0 Å². The zero-order valence-electron chi connectivity index (χ0n) is 12.6. The van der Waals surface area contributed by atoms with E-state index < -0.39 is 11.7 Å². The van der Waals surface area contributed by atoms with Gasteiger partial charge >= 0.3 is 6.03 Å². The van der Waals surface area contributed by atoms with E-state index in [1.54, 1.807) is 12.1 Å². The molecule has 2 amide bonds. The standard InChI is InChI=1S/C16H24N2O4/c19-13-5-3-4-12(10-13)14(20)11-18-15(21)17-9-8-16(22)6-1-2-7-16/h3-5,10,14,19-20,22H,1-2,6-9,11H2,(H2,17,18,21)/t14-/m1/s1. The maximum atomic E-state index is 11.7.